The topological polar surface area (TPSA) is 23.4 Å². The molecule has 0 atom stereocenters. The van der Waals surface area contributed by atoms with Crippen LogP contribution in [0.5, 0.6) is 0 Å². The number of hydrogen-bond donors (Lipinski definition) is 0. The maximum absolute atomic E-state index is 15.6. The van der Waals surface area contributed by atoms with Crippen molar-refractivity contribution in [3.05, 3.63) is 81.9 Å². The first-order valence-electron chi connectivity index (χ1n) is 12.3. The lowest BCUT2D eigenvalue weighted by atomic mass is 9.93. The van der Waals surface area contributed by atoms with Crippen LogP contribution >= 0.6 is 11.3 Å². The lowest BCUT2D eigenvalue weighted by Gasteiger charge is -2.25. The Kier molecular flexibility index (Phi) is 5.84. The number of fused-ring (bicyclic) bond motifs is 1. The van der Waals surface area contributed by atoms with Gasteiger partial charge in [-0.2, -0.15) is 26.3 Å². The number of aryl methyl sites for hydroxylation is 2. The Balaban J connectivity index is 1.60. The second-order valence-electron chi connectivity index (χ2n) is 9.79. The van der Waals surface area contributed by atoms with Crippen molar-refractivity contribution in [2.24, 2.45) is 7.05 Å². The van der Waals surface area contributed by atoms with Crippen LogP contribution in [0.15, 0.2) is 54.6 Å². The molecule has 0 N–H and O–H groups in total. The van der Waals surface area contributed by atoms with Gasteiger partial charge in [0.15, 0.2) is 6.29 Å². The minimum atomic E-state index is -5.63. The van der Waals surface area contributed by atoms with E-state index in [0.717, 1.165) is 11.3 Å². The molecule has 2 aliphatic rings. The number of para-hydroxylation sites is 1. The van der Waals surface area contributed by atoms with E-state index < -0.39 is 35.2 Å². The number of nitrogens with zero attached hydrogens (tertiary/aromatic N) is 1. The molecule has 2 aromatic carbocycles. The third-order valence-electron chi connectivity index (χ3n) is 7.57. The molecule has 2 aromatic heterocycles. The van der Waals surface area contributed by atoms with Gasteiger partial charge in [-0.1, -0.05) is 36.4 Å². The lowest BCUT2D eigenvalue weighted by Crippen LogP contribution is -2.48. The summed E-state index contributed by atoms with van der Waals surface area (Å²) >= 11 is 1.07. The van der Waals surface area contributed by atoms with E-state index in [1.807, 2.05) is 0 Å². The minimum Gasteiger partial charge on any atom is -0.347 e. The summed E-state index contributed by atoms with van der Waals surface area (Å²) in [4.78, 5) is 0.695. The summed E-state index contributed by atoms with van der Waals surface area (Å²) in [5, 5.41) is 0.204. The van der Waals surface area contributed by atoms with E-state index in [-0.39, 0.29) is 27.1 Å². The van der Waals surface area contributed by atoms with Gasteiger partial charge in [-0.25, -0.2) is 0 Å². The largest absolute Gasteiger partial charge is 0.380 e. The number of aromatic nitrogens is 1. The predicted molar refractivity (Wildman–Crippen MR) is 138 cm³/mol. The monoisotopic (exact) mass is 563 g/mol. The van der Waals surface area contributed by atoms with Gasteiger partial charge in [0, 0.05) is 55.7 Å². The van der Waals surface area contributed by atoms with Crippen molar-refractivity contribution in [2.45, 2.75) is 37.9 Å². The molecular formula is C29H23F6NO2S. The smallest absolute Gasteiger partial charge is 0.347 e. The van der Waals surface area contributed by atoms with Crippen LogP contribution in [0.1, 0.15) is 33.6 Å². The van der Waals surface area contributed by atoms with E-state index in [1.165, 1.54) is 26.0 Å². The van der Waals surface area contributed by atoms with E-state index in [4.69, 9.17) is 9.47 Å². The number of halogens is 6. The summed E-state index contributed by atoms with van der Waals surface area (Å²) in [7, 11) is 1.59. The highest BCUT2D eigenvalue weighted by Crippen LogP contribution is 2.66. The third-order valence-corrected chi connectivity index (χ3v) is 8.67. The fourth-order valence-electron chi connectivity index (χ4n) is 5.51. The first kappa shape index (κ1) is 26.2. The molecule has 1 aliphatic heterocycles. The second kappa shape index (κ2) is 8.71. The van der Waals surface area contributed by atoms with E-state index in [1.54, 1.807) is 54.1 Å². The second-order valence-corrected chi connectivity index (χ2v) is 11.0. The molecule has 0 saturated carbocycles. The molecule has 1 fully saturated rings. The number of alkyl halides is 6. The zero-order chi connectivity index (χ0) is 27.9. The third kappa shape index (κ3) is 3.57. The number of hydrogen-bond acceptors (Lipinski definition) is 3. The molecule has 10 heteroatoms. The molecule has 4 aromatic rings. The van der Waals surface area contributed by atoms with Gasteiger partial charge < -0.3 is 14.0 Å². The highest BCUT2D eigenvalue weighted by molar-refractivity contribution is 7.15. The highest BCUT2D eigenvalue weighted by Gasteiger charge is 2.80. The molecule has 1 aliphatic carbocycles. The van der Waals surface area contributed by atoms with Crippen molar-refractivity contribution in [2.75, 3.05) is 13.2 Å². The maximum Gasteiger partial charge on any atom is 0.380 e. The molecule has 1 saturated heterocycles. The number of rotatable bonds is 4. The van der Waals surface area contributed by atoms with Crippen LogP contribution < -0.4 is 0 Å². The van der Waals surface area contributed by atoms with Gasteiger partial charge in [-0.05, 0) is 43.2 Å². The Morgan fingerprint density at radius 2 is 1.51 bits per heavy atom. The van der Waals surface area contributed by atoms with Gasteiger partial charge in [-0.3, -0.25) is 0 Å². The van der Waals surface area contributed by atoms with E-state index >= 15 is 26.3 Å². The summed E-state index contributed by atoms with van der Waals surface area (Å²) in [6.45, 7) is 3.80. The number of thiophene rings is 1. The van der Waals surface area contributed by atoms with Crippen molar-refractivity contribution in [3.8, 4) is 10.4 Å². The molecule has 6 rings (SSSR count). The van der Waals surface area contributed by atoms with Crippen LogP contribution in [0, 0.1) is 13.8 Å². The zero-order valence-corrected chi connectivity index (χ0v) is 21.9. The van der Waals surface area contributed by atoms with E-state index in [0.29, 0.717) is 34.7 Å². The van der Waals surface area contributed by atoms with E-state index in [2.05, 4.69) is 0 Å². The molecule has 3 nitrogen and oxygen atoms in total. The number of allylic oxidation sites excluding steroid dienone is 2. The summed E-state index contributed by atoms with van der Waals surface area (Å²) < 4.78 is 105. The van der Waals surface area contributed by atoms with Crippen LogP contribution in [-0.4, -0.2) is 35.5 Å². The standard InChI is InChI=1S/C29H23F6NO2S/c1-15-23(19-9-4-5-10-21(19)36(15)3)25-24(27(30,31)29(34,35)28(25,32)33)20-14-22(39-16(20)2)17-7-6-8-18(13-17)26-37-11-12-38-26/h4-10,13-14,26H,11-12H2,1-3H3. The SMILES string of the molecule is Cc1sc(-c2cccc(C3OCCO3)c2)cc1C1=C(c2c(C)n(C)c3ccccc23)C(F)(F)C(F)(F)C1(F)F. The first-order chi connectivity index (χ1) is 18.4. The summed E-state index contributed by atoms with van der Waals surface area (Å²) in [6.07, 6.45) is -0.578. The van der Waals surface area contributed by atoms with Crippen molar-refractivity contribution in [3.63, 3.8) is 0 Å². The van der Waals surface area contributed by atoms with Gasteiger partial charge in [0.1, 0.15) is 0 Å². The molecule has 0 bridgehead atoms. The van der Waals surface area contributed by atoms with Gasteiger partial charge >= 0.3 is 17.8 Å². The highest BCUT2D eigenvalue weighted by atomic mass is 32.1. The van der Waals surface area contributed by atoms with Gasteiger partial charge in [0.25, 0.3) is 0 Å². The normalized spacial score (nSPS) is 20.4. The molecule has 0 radical (unpaired) electrons. The van der Waals surface area contributed by atoms with Crippen LogP contribution in [-0.2, 0) is 16.5 Å². The lowest BCUT2D eigenvalue weighted by molar-refractivity contribution is -0.254. The van der Waals surface area contributed by atoms with Crippen molar-refractivity contribution < 1.29 is 35.8 Å². The van der Waals surface area contributed by atoms with Gasteiger partial charge in [0.05, 0.1) is 13.2 Å². The molecule has 204 valence electrons. The Morgan fingerprint density at radius 3 is 2.23 bits per heavy atom. The van der Waals surface area contributed by atoms with Crippen LogP contribution in [0.3, 0.4) is 0 Å². The quantitative estimate of drug-likeness (QED) is 0.233. The minimum absolute atomic E-state index is 0.189. The molecule has 0 spiro atoms. The first-order valence-corrected chi connectivity index (χ1v) is 13.1. The predicted octanol–water partition coefficient (Wildman–Crippen LogP) is 8.40. The summed E-state index contributed by atoms with van der Waals surface area (Å²) in [5.74, 6) is -15.9. The molecular weight excluding hydrogens is 540 g/mol. The Hall–Kier alpha value is -3.08. The number of ether oxygens (including phenoxy) is 2. The van der Waals surface area contributed by atoms with Gasteiger partial charge in [-0.15, -0.1) is 11.3 Å². The average molecular weight is 564 g/mol. The van der Waals surface area contributed by atoms with Gasteiger partial charge in [0.2, 0.25) is 0 Å². The van der Waals surface area contributed by atoms with Crippen LogP contribution in [0.4, 0.5) is 26.3 Å². The number of benzene rings is 2. The fourth-order valence-corrected chi connectivity index (χ4v) is 6.53. The summed E-state index contributed by atoms with van der Waals surface area (Å²) in [5.41, 5.74) is -1.32. The average Bonchev–Trinajstić information content (AvgIpc) is 3.64. The van der Waals surface area contributed by atoms with Crippen molar-refractivity contribution in [1.29, 1.82) is 0 Å². The molecule has 3 heterocycles. The molecule has 0 amide bonds. The van der Waals surface area contributed by atoms with E-state index in [9.17, 15) is 0 Å². The van der Waals surface area contributed by atoms with Crippen molar-refractivity contribution >= 4 is 33.4 Å². The molecule has 0 unspecified atom stereocenters. The fraction of sp³-hybridized carbons (Fsp3) is 0.310. The zero-order valence-electron chi connectivity index (χ0n) is 21.1. The maximum atomic E-state index is 15.6. The van der Waals surface area contributed by atoms with Crippen molar-refractivity contribution in [1.82, 2.24) is 4.57 Å². The Labute approximate surface area is 224 Å². The Bertz CT molecular complexity index is 1640. The Morgan fingerprint density at radius 1 is 0.846 bits per heavy atom. The van der Waals surface area contributed by atoms with Crippen LogP contribution in [0.25, 0.3) is 32.5 Å². The molecule has 39 heavy (non-hydrogen) atoms. The summed E-state index contributed by atoms with van der Waals surface area (Å²) in [6, 6.07) is 14.7. The van der Waals surface area contributed by atoms with Crippen LogP contribution in [0.2, 0.25) is 0 Å².